The van der Waals surface area contributed by atoms with Crippen LogP contribution in [0.25, 0.3) is 0 Å². The van der Waals surface area contributed by atoms with E-state index in [-0.39, 0.29) is 26.6 Å². The summed E-state index contributed by atoms with van der Waals surface area (Å²) < 4.78 is 20.3. The van der Waals surface area contributed by atoms with Crippen LogP contribution in [-0.4, -0.2) is 73.2 Å². The minimum absolute atomic E-state index is 0.0399. The Morgan fingerprint density at radius 3 is 2.54 bits per heavy atom. The van der Waals surface area contributed by atoms with Crippen molar-refractivity contribution in [3.63, 3.8) is 0 Å². The van der Waals surface area contributed by atoms with Gasteiger partial charge in [-0.05, 0) is 6.92 Å². The van der Waals surface area contributed by atoms with E-state index in [1.165, 1.54) is 6.92 Å². The SMILES string of the molecule is C=C(C)OCOCCCOC(=O)C1OCCN(C(C)=O)C1C(=O)O. The number of aliphatic carboxylic acids is 1. The lowest BCUT2D eigenvalue weighted by molar-refractivity contribution is -0.181. The number of carboxylic acids is 1. The lowest BCUT2D eigenvalue weighted by Gasteiger charge is -2.36. The van der Waals surface area contributed by atoms with Crippen LogP contribution in [0.4, 0.5) is 0 Å². The summed E-state index contributed by atoms with van der Waals surface area (Å²) in [5.74, 6) is -2.03. The highest BCUT2D eigenvalue weighted by atomic mass is 16.7. The van der Waals surface area contributed by atoms with Gasteiger partial charge in [0.05, 0.1) is 25.6 Å². The van der Waals surface area contributed by atoms with Crippen molar-refractivity contribution in [2.24, 2.45) is 0 Å². The topological polar surface area (TPSA) is 112 Å². The molecule has 1 aliphatic heterocycles. The Hall–Kier alpha value is -2.13. The summed E-state index contributed by atoms with van der Waals surface area (Å²) in [5.41, 5.74) is 0. The number of amides is 1. The summed E-state index contributed by atoms with van der Waals surface area (Å²) in [6.45, 7) is 7.07. The molecule has 136 valence electrons. The highest BCUT2D eigenvalue weighted by Gasteiger charge is 2.44. The molecular formula is C15H23NO8. The molecule has 1 fully saturated rings. The molecule has 2 unspecified atom stereocenters. The zero-order valence-electron chi connectivity index (χ0n) is 13.9. The molecule has 2 atom stereocenters. The summed E-state index contributed by atoms with van der Waals surface area (Å²) >= 11 is 0. The van der Waals surface area contributed by atoms with Gasteiger partial charge in [0, 0.05) is 19.9 Å². The van der Waals surface area contributed by atoms with Gasteiger partial charge in [-0.15, -0.1) is 0 Å². The largest absolute Gasteiger partial charge is 0.480 e. The average Bonchev–Trinajstić information content (AvgIpc) is 2.52. The van der Waals surface area contributed by atoms with Gasteiger partial charge in [-0.1, -0.05) is 6.58 Å². The number of esters is 1. The Balaban J connectivity index is 2.40. The zero-order valence-corrected chi connectivity index (χ0v) is 13.9. The molecule has 1 saturated heterocycles. The predicted molar refractivity (Wildman–Crippen MR) is 80.8 cm³/mol. The maximum Gasteiger partial charge on any atom is 0.338 e. The number of carboxylic acid groups (broad SMARTS) is 1. The number of carbonyl (C=O) groups excluding carboxylic acids is 2. The molecule has 0 bridgehead atoms. The molecule has 0 radical (unpaired) electrons. The first-order chi connectivity index (χ1) is 11.3. The molecule has 0 aromatic heterocycles. The van der Waals surface area contributed by atoms with Crippen molar-refractivity contribution in [3.05, 3.63) is 12.3 Å². The number of allylic oxidation sites excluding steroid dienone is 1. The summed E-state index contributed by atoms with van der Waals surface area (Å²) in [7, 11) is 0. The maximum atomic E-state index is 12.0. The van der Waals surface area contributed by atoms with Crippen molar-refractivity contribution in [3.8, 4) is 0 Å². The number of carbonyl (C=O) groups is 3. The number of nitrogens with zero attached hydrogens (tertiary/aromatic N) is 1. The zero-order chi connectivity index (χ0) is 18.1. The smallest absolute Gasteiger partial charge is 0.338 e. The molecule has 1 heterocycles. The number of ether oxygens (including phenoxy) is 4. The molecule has 24 heavy (non-hydrogen) atoms. The molecule has 1 amide bonds. The van der Waals surface area contributed by atoms with Gasteiger partial charge in [0.1, 0.15) is 0 Å². The van der Waals surface area contributed by atoms with Gasteiger partial charge < -0.3 is 29.0 Å². The normalized spacial score (nSPS) is 20.3. The molecule has 0 aliphatic carbocycles. The quantitative estimate of drug-likeness (QED) is 0.272. The molecule has 0 spiro atoms. The lowest BCUT2D eigenvalue weighted by Crippen LogP contribution is -2.59. The molecule has 1 N–H and O–H groups in total. The highest BCUT2D eigenvalue weighted by Crippen LogP contribution is 2.16. The first-order valence-corrected chi connectivity index (χ1v) is 7.49. The third kappa shape index (κ3) is 6.17. The van der Waals surface area contributed by atoms with E-state index < -0.39 is 30.0 Å². The van der Waals surface area contributed by atoms with Gasteiger partial charge in [0.15, 0.2) is 18.9 Å². The van der Waals surface area contributed by atoms with Gasteiger partial charge in [-0.25, -0.2) is 9.59 Å². The second-order valence-electron chi connectivity index (χ2n) is 5.18. The fourth-order valence-electron chi connectivity index (χ4n) is 2.10. The van der Waals surface area contributed by atoms with Crippen LogP contribution in [0.1, 0.15) is 20.3 Å². The number of hydrogen-bond donors (Lipinski definition) is 1. The molecular weight excluding hydrogens is 322 g/mol. The first-order valence-electron chi connectivity index (χ1n) is 7.49. The van der Waals surface area contributed by atoms with Gasteiger partial charge in [0.2, 0.25) is 5.91 Å². The van der Waals surface area contributed by atoms with Crippen LogP contribution in [-0.2, 0) is 33.3 Å². The standard InChI is InChI=1S/C15H23NO8/c1-10(2)24-9-21-6-4-7-23-15(20)13-12(14(18)19)16(11(3)17)5-8-22-13/h12-13H,1,4-9H2,2-3H3,(H,18,19). The maximum absolute atomic E-state index is 12.0. The number of morpholine rings is 1. The fourth-order valence-corrected chi connectivity index (χ4v) is 2.10. The Labute approximate surface area is 140 Å². The third-order valence-corrected chi connectivity index (χ3v) is 3.21. The average molecular weight is 345 g/mol. The van der Waals surface area contributed by atoms with E-state index in [2.05, 4.69) is 6.58 Å². The van der Waals surface area contributed by atoms with E-state index >= 15 is 0 Å². The van der Waals surface area contributed by atoms with Crippen LogP contribution in [0.2, 0.25) is 0 Å². The monoisotopic (exact) mass is 345 g/mol. The van der Waals surface area contributed by atoms with Gasteiger partial charge in [-0.2, -0.15) is 0 Å². The Morgan fingerprint density at radius 2 is 1.96 bits per heavy atom. The number of rotatable bonds is 9. The predicted octanol–water partition coefficient (Wildman–Crippen LogP) is 0.145. The van der Waals surface area contributed by atoms with Gasteiger partial charge in [-0.3, -0.25) is 4.79 Å². The van der Waals surface area contributed by atoms with E-state index in [9.17, 15) is 19.5 Å². The Bertz CT molecular complexity index is 478. The molecule has 1 rings (SSSR count). The Morgan fingerprint density at radius 1 is 1.25 bits per heavy atom. The van der Waals surface area contributed by atoms with Gasteiger partial charge >= 0.3 is 11.9 Å². The minimum Gasteiger partial charge on any atom is -0.480 e. The van der Waals surface area contributed by atoms with Crippen LogP contribution in [0, 0.1) is 0 Å². The van der Waals surface area contributed by atoms with Gasteiger partial charge in [0.25, 0.3) is 0 Å². The molecule has 0 saturated carbocycles. The molecule has 0 aromatic carbocycles. The van der Waals surface area contributed by atoms with Crippen molar-refractivity contribution >= 4 is 17.8 Å². The third-order valence-electron chi connectivity index (χ3n) is 3.21. The van der Waals surface area contributed by atoms with Crippen molar-refractivity contribution in [2.75, 3.05) is 33.2 Å². The van der Waals surface area contributed by atoms with Crippen molar-refractivity contribution in [1.82, 2.24) is 4.90 Å². The lowest BCUT2D eigenvalue weighted by atomic mass is 10.1. The summed E-state index contributed by atoms with van der Waals surface area (Å²) in [5, 5.41) is 9.27. The summed E-state index contributed by atoms with van der Waals surface area (Å²) in [6, 6.07) is -1.39. The first kappa shape index (κ1) is 19.9. The van der Waals surface area contributed by atoms with Crippen molar-refractivity contribution < 1.29 is 38.4 Å². The van der Waals surface area contributed by atoms with Crippen LogP contribution in [0.5, 0.6) is 0 Å². The van der Waals surface area contributed by atoms with E-state index in [0.717, 1.165) is 4.90 Å². The summed E-state index contributed by atoms with van der Waals surface area (Å²) in [4.78, 5) is 36.0. The van der Waals surface area contributed by atoms with Crippen LogP contribution >= 0.6 is 0 Å². The van der Waals surface area contributed by atoms with Crippen LogP contribution in [0.15, 0.2) is 12.3 Å². The molecule has 1 aliphatic rings. The van der Waals surface area contributed by atoms with E-state index in [0.29, 0.717) is 18.8 Å². The van der Waals surface area contributed by atoms with Crippen molar-refractivity contribution in [1.29, 1.82) is 0 Å². The fraction of sp³-hybridized carbons (Fsp3) is 0.667. The Kier molecular flexibility index (Phi) is 8.20. The van der Waals surface area contributed by atoms with Crippen LogP contribution in [0.3, 0.4) is 0 Å². The van der Waals surface area contributed by atoms with Crippen molar-refractivity contribution in [2.45, 2.75) is 32.4 Å². The van der Waals surface area contributed by atoms with E-state index in [1.807, 2.05) is 0 Å². The minimum atomic E-state index is -1.39. The van der Waals surface area contributed by atoms with Crippen LogP contribution < -0.4 is 0 Å². The summed E-state index contributed by atoms with van der Waals surface area (Å²) in [6.07, 6.45) is -0.931. The number of hydrogen-bond acceptors (Lipinski definition) is 7. The molecule has 9 nitrogen and oxygen atoms in total. The van der Waals surface area contributed by atoms with E-state index in [4.69, 9.17) is 18.9 Å². The second kappa shape index (κ2) is 9.89. The van der Waals surface area contributed by atoms with E-state index in [1.54, 1.807) is 6.92 Å². The molecule has 0 aromatic rings. The highest BCUT2D eigenvalue weighted by molar-refractivity contribution is 5.89. The second-order valence-corrected chi connectivity index (χ2v) is 5.18. The molecule has 9 heteroatoms.